The van der Waals surface area contributed by atoms with Crippen LogP contribution in [0.15, 0.2) is 23.9 Å². The van der Waals surface area contributed by atoms with Gasteiger partial charge in [-0.05, 0) is 30.5 Å². The van der Waals surface area contributed by atoms with Gasteiger partial charge in [0.05, 0.1) is 7.11 Å². The summed E-state index contributed by atoms with van der Waals surface area (Å²) in [6.07, 6.45) is 2.29. The highest BCUT2D eigenvalue weighted by molar-refractivity contribution is 5.95. The molecule has 0 amide bonds. The lowest BCUT2D eigenvalue weighted by Crippen LogP contribution is -2.01. The Kier molecular flexibility index (Phi) is 4.05. The van der Waals surface area contributed by atoms with E-state index in [4.69, 9.17) is 9.84 Å². The summed E-state index contributed by atoms with van der Waals surface area (Å²) in [5.74, 6) is -0.375. The standard InChI is InChI=1S/C12H15NO3/c1-4-10(8(2)12(14)15)9-5-6-11(16-3)13-7-9/h5-7H,4H2,1-3H3,(H,14,15). The minimum atomic E-state index is -0.896. The maximum atomic E-state index is 10.9. The van der Waals surface area contributed by atoms with E-state index in [9.17, 15) is 4.79 Å². The quantitative estimate of drug-likeness (QED) is 0.793. The van der Waals surface area contributed by atoms with Crippen LogP contribution in [0.1, 0.15) is 25.8 Å². The number of allylic oxidation sites excluding steroid dienone is 1. The minimum absolute atomic E-state index is 0.356. The van der Waals surface area contributed by atoms with Crippen molar-refractivity contribution in [2.24, 2.45) is 0 Å². The Morgan fingerprint density at radius 3 is 2.56 bits per heavy atom. The van der Waals surface area contributed by atoms with Gasteiger partial charge in [-0.1, -0.05) is 6.92 Å². The number of aliphatic carboxylic acids is 1. The molecule has 1 aromatic rings. The van der Waals surface area contributed by atoms with E-state index >= 15 is 0 Å². The fourth-order valence-corrected chi connectivity index (χ4v) is 1.49. The van der Waals surface area contributed by atoms with Gasteiger partial charge in [-0.15, -0.1) is 0 Å². The molecule has 0 unspecified atom stereocenters. The lowest BCUT2D eigenvalue weighted by Gasteiger charge is -2.08. The minimum Gasteiger partial charge on any atom is -0.481 e. The van der Waals surface area contributed by atoms with Crippen molar-refractivity contribution in [1.82, 2.24) is 4.98 Å². The van der Waals surface area contributed by atoms with Crippen molar-refractivity contribution in [2.75, 3.05) is 7.11 Å². The Hall–Kier alpha value is -1.84. The van der Waals surface area contributed by atoms with Crippen molar-refractivity contribution in [2.45, 2.75) is 20.3 Å². The fraction of sp³-hybridized carbons (Fsp3) is 0.333. The van der Waals surface area contributed by atoms with E-state index < -0.39 is 5.97 Å². The van der Waals surface area contributed by atoms with E-state index in [1.54, 1.807) is 26.3 Å². The second-order valence-corrected chi connectivity index (χ2v) is 3.35. The van der Waals surface area contributed by atoms with E-state index in [0.29, 0.717) is 17.9 Å². The molecule has 4 nitrogen and oxygen atoms in total. The van der Waals surface area contributed by atoms with Crippen LogP contribution in [0, 0.1) is 0 Å². The van der Waals surface area contributed by atoms with Crippen LogP contribution < -0.4 is 4.74 Å². The lowest BCUT2D eigenvalue weighted by atomic mass is 10.00. The number of methoxy groups -OCH3 is 1. The molecule has 0 aliphatic heterocycles. The maximum absolute atomic E-state index is 10.9. The van der Waals surface area contributed by atoms with Crippen molar-refractivity contribution in [3.8, 4) is 5.88 Å². The van der Waals surface area contributed by atoms with E-state index in [0.717, 1.165) is 11.1 Å². The lowest BCUT2D eigenvalue weighted by molar-refractivity contribution is -0.132. The Bertz CT molecular complexity index is 407. The normalized spacial score (nSPS) is 11.9. The van der Waals surface area contributed by atoms with Gasteiger partial charge >= 0.3 is 5.97 Å². The van der Waals surface area contributed by atoms with Gasteiger partial charge in [-0.2, -0.15) is 0 Å². The van der Waals surface area contributed by atoms with Gasteiger partial charge in [0.15, 0.2) is 0 Å². The van der Waals surface area contributed by atoms with Crippen LogP contribution >= 0.6 is 0 Å². The molecule has 1 N–H and O–H groups in total. The number of carbonyl (C=O) groups is 1. The van der Waals surface area contributed by atoms with Gasteiger partial charge in [-0.3, -0.25) is 0 Å². The molecule has 0 fully saturated rings. The van der Waals surface area contributed by atoms with Crippen LogP contribution in [-0.2, 0) is 4.79 Å². The first-order valence-electron chi connectivity index (χ1n) is 5.03. The molecule has 0 aliphatic carbocycles. The van der Waals surface area contributed by atoms with Crippen molar-refractivity contribution in [1.29, 1.82) is 0 Å². The average Bonchev–Trinajstić information content (AvgIpc) is 2.30. The zero-order chi connectivity index (χ0) is 12.1. The monoisotopic (exact) mass is 221 g/mol. The van der Waals surface area contributed by atoms with E-state index in [-0.39, 0.29) is 0 Å². The summed E-state index contributed by atoms with van der Waals surface area (Å²) in [4.78, 5) is 15.0. The number of pyridine rings is 1. The van der Waals surface area contributed by atoms with Gasteiger partial charge in [0, 0.05) is 17.8 Å². The van der Waals surface area contributed by atoms with Crippen LogP contribution in [0.2, 0.25) is 0 Å². The summed E-state index contributed by atoms with van der Waals surface area (Å²) >= 11 is 0. The Morgan fingerprint density at radius 2 is 2.19 bits per heavy atom. The molecule has 0 aliphatic rings. The number of hydrogen-bond donors (Lipinski definition) is 1. The van der Waals surface area contributed by atoms with Crippen LogP contribution in [0.25, 0.3) is 5.57 Å². The van der Waals surface area contributed by atoms with Gasteiger partial charge in [0.2, 0.25) is 5.88 Å². The zero-order valence-corrected chi connectivity index (χ0v) is 9.65. The Balaban J connectivity index is 3.14. The average molecular weight is 221 g/mol. The number of rotatable bonds is 4. The summed E-state index contributed by atoms with van der Waals surface area (Å²) < 4.78 is 4.95. The van der Waals surface area contributed by atoms with Crippen molar-refractivity contribution in [3.05, 3.63) is 29.5 Å². The molecule has 0 bridgehead atoms. The Morgan fingerprint density at radius 1 is 1.50 bits per heavy atom. The summed E-state index contributed by atoms with van der Waals surface area (Å²) in [5, 5.41) is 8.94. The largest absolute Gasteiger partial charge is 0.481 e. The molecule has 16 heavy (non-hydrogen) atoms. The second kappa shape index (κ2) is 5.30. The van der Waals surface area contributed by atoms with Crippen molar-refractivity contribution in [3.63, 3.8) is 0 Å². The Labute approximate surface area is 94.6 Å². The highest BCUT2D eigenvalue weighted by Crippen LogP contribution is 2.22. The number of carboxylic acid groups (broad SMARTS) is 1. The maximum Gasteiger partial charge on any atom is 0.331 e. The first-order chi connectivity index (χ1) is 7.60. The van der Waals surface area contributed by atoms with Crippen molar-refractivity contribution >= 4 is 11.5 Å². The third-order valence-electron chi connectivity index (χ3n) is 2.42. The first kappa shape index (κ1) is 12.2. The SMILES string of the molecule is CCC(=C(C)C(=O)O)c1ccc(OC)nc1. The van der Waals surface area contributed by atoms with Gasteiger partial charge in [0.25, 0.3) is 0 Å². The molecule has 1 rings (SSSR count). The predicted octanol–water partition coefficient (Wildman–Crippen LogP) is 2.36. The molecule has 1 heterocycles. The molecule has 0 aromatic carbocycles. The van der Waals surface area contributed by atoms with Crippen LogP contribution in [0.5, 0.6) is 5.88 Å². The molecule has 86 valence electrons. The first-order valence-corrected chi connectivity index (χ1v) is 5.03. The molecular weight excluding hydrogens is 206 g/mol. The predicted molar refractivity (Wildman–Crippen MR) is 61.3 cm³/mol. The van der Waals surface area contributed by atoms with Gasteiger partial charge in [-0.25, -0.2) is 9.78 Å². The topological polar surface area (TPSA) is 59.4 Å². The number of hydrogen-bond acceptors (Lipinski definition) is 3. The smallest absolute Gasteiger partial charge is 0.331 e. The summed E-state index contributed by atoms with van der Waals surface area (Å²) in [6, 6.07) is 3.54. The number of aromatic nitrogens is 1. The molecule has 0 saturated carbocycles. The summed E-state index contributed by atoms with van der Waals surface area (Å²) in [5.41, 5.74) is 1.97. The molecule has 1 aromatic heterocycles. The van der Waals surface area contributed by atoms with E-state index in [2.05, 4.69) is 4.98 Å². The molecule has 4 heteroatoms. The third-order valence-corrected chi connectivity index (χ3v) is 2.42. The van der Waals surface area contributed by atoms with Crippen LogP contribution in [0.4, 0.5) is 0 Å². The third kappa shape index (κ3) is 2.59. The number of carboxylic acids is 1. The van der Waals surface area contributed by atoms with Crippen LogP contribution in [0.3, 0.4) is 0 Å². The van der Waals surface area contributed by atoms with E-state index in [1.165, 1.54) is 0 Å². The van der Waals surface area contributed by atoms with Gasteiger partial charge < -0.3 is 9.84 Å². The highest BCUT2D eigenvalue weighted by Gasteiger charge is 2.10. The molecule has 0 spiro atoms. The molecule has 0 radical (unpaired) electrons. The molecular formula is C12H15NO3. The highest BCUT2D eigenvalue weighted by atomic mass is 16.5. The van der Waals surface area contributed by atoms with Crippen molar-refractivity contribution < 1.29 is 14.6 Å². The summed E-state index contributed by atoms with van der Waals surface area (Å²) in [6.45, 7) is 3.53. The molecule has 0 saturated heterocycles. The zero-order valence-electron chi connectivity index (χ0n) is 9.65. The summed E-state index contributed by atoms with van der Waals surface area (Å²) in [7, 11) is 1.54. The molecule has 0 atom stereocenters. The fourth-order valence-electron chi connectivity index (χ4n) is 1.49. The number of nitrogens with zero attached hydrogens (tertiary/aromatic N) is 1. The van der Waals surface area contributed by atoms with E-state index in [1.807, 2.05) is 13.0 Å². The van der Waals surface area contributed by atoms with Gasteiger partial charge in [0.1, 0.15) is 0 Å². The second-order valence-electron chi connectivity index (χ2n) is 3.35. The number of ether oxygens (including phenoxy) is 1. The van der Waals surface area contributed by atoms with Crippen LogP contribution in [-0.4, -0.2) is 23.2 Å².